The number of nitrogens with one attached hydrogen (secondary N) is 2. The fourth-order valence-electron chi connectivity index (χ4n) is 3.36. The summed E-state index contributed by atoms with van der Waals surface area (Å²) in [6, 6.07) is 12.1. The summed E-state index contributed by atoms with van der Waals surface area (Å²) in [5.41, 5.74) is 3.77. The van der Waals surface area contributed by atoms with Crippen molar-refractivity contribution in [3.63, 3.8) is 0 Å². The number of likely N-dealkylation sites (tertiary alicyclic amines) is 1. The third-order valence-corrected chi connectivity index (χ3v) is 6.02. The molecule has 2 N–H and O–H groups in total. The summed E-state index contributed by atoms with van der Waals surface area (Å²) in [5.74, 6) is -0.0402. The minimum absolute atomic E-state index is 0.0402. The van der Waals surface area contributed by atoms with E-state index in [4.69, 9.17) is 0 Å². The molecule has 0 saturated carbocycles. The van der Waals surface area contributed by atoms with Gasteiger partial charge >= 0.3 is 0 Å². The van der Waals surface area contributed by atoms with Gasteiger partial charge in [0.1, 0.15) is 0 Å². The highest BCUT2D eigenvalue weighted by molar-refractivity contribution is 14.1. The molecule has 1 heterocycles. The fraction of sp³-hybridized carbons (Fsp3) is 0.381. The van der Waals surface area contributed by atoms with Crippen LogP contribution in [0.5, 0.6) is 0 Å². The van der Waals surface area contributed by atoms with E-state index in [0.717, 1.165) is 41.9 Å². The Hall–Kier alpha value is -1.12. The highest BCUT2D eigenvalue weighted by Crippen LogP contribution is 2.28. The van der Waals surface area contributed by atoms with E-state index in [0.29, 0.717) is 12.1 Å². The van der Waals surface area contributed by atoms with Crippen LogP contribution in [0.4, 0.5) is 11.4 Å². The predicted molar refractivity (Wildman–Crippen MR) is 124 cm³/mol. The van der Waals surface area contributed by atoms with Crippen molar-refractivity contribution in [2.24, 2.45) is 0 Å². The van der Waals surface area contributed by atoms with Crippen molar-refractivity contribution in [1.82, 2.24) is 10.2 Å². The molecular formula is C21H25BrIN3O. The Labute approximate surface area is 183 Å². The minimum Gasteiger partial charge on any atom is -0.355 e. The average Bonchev–Trinajstić information content (AvgIpc) is 3.17. The number of carbonyl (C=O) groups is 1. The third kappa shape index (κ3) is 5.68. The third-order valence-electron chi connectivity index (χ3n) is 4.86. The first-order valence-corrected chi connectivity index (χ1v) is 11.3. The lowest BCUT2D eigenvalue weighted by atomic mass is 10.1. The van der Waals surface area contributed by atoms with Crippen LogP contribution in [0.15, 0.2) is 40.9 Å². The van der Waals surface area contributed by atoms with Crippen molar-refractivity contribution in [2.45, 2.75) is 26.2 Å². The molecule has 1 saturated heterocycles. The van der Waals surface area contributed by atoms with Crippen molar-refractivity contribution in [2.75, 3.05) is 31.5 Å². The minimum atomic E-state index is -0.0402. The van der Waals surface area contributed by atoms with Crippen LogP contribution in [0.25, 0.3) is 0 Å². The Morgan fingerprint density at radius 2 is 1.89 bits per heavy atom. The smallest absolute Gasteiger partial charge is 0.253 e. The highest BCUT2D eigenvalue weighted by Gasteiger charge is 2.15. The molecule has 2 aromatic rings. The molecule has 0 bridgehead atoms. The van der Waals surface area contributed by atoms with Crippen LogP contribution in [0.3, 0.4) is 0 Å². The molecule has 144 valence electrons. The Kier molecular flexibility index (Phi) is 7.55. The van der Waals surface area contributed by atoms with Gasteiger partial charge in [-0.1, -0.05) is 22.9 Å². The Bertz CT molecular complexity index is 806. The number of benzene rings is 2. The lowest BCUT2D eigenvalue weighted by Crippen LogP contribution is -2.33. The summed E-state index contributed by atoms with van der Waals surface area (Å²) in [6.45, 7) is 6.02. The van der Waals surface area contributed by atoms with Gasteiger partial charge in [0.15, 0.2) is 0 Å². The van der Waals surface area contributed by atoms with Crippen molar-refractivity contribution in [1.29, 1.82) is 0 Å². The molecule has 0 spiro atoms. The first-order chi connectivity index (χ1) is 13.1. The molecular weight excluding hydrogens is 517 g/mol. The maximum absolute atomic E-state index is 12.8. The Balaban J connectivity index is 1.73. The van der Waals surface area contributed by atoms with Crippen LogP contribution in [-0.2, 0) is 6.42 Å². The number of rotatable bonds is 7. The average molecular weight is 542 g/mol. The molecule has 3 rings (SSSR count). The van der Waals surface area contributed by atoms with Crippen LogP contribution < -0.4 is 10.6 Å². The summed E-state index contributed by atoms with van der Waals surface area (Å²) < 4.78 is 2.11. The molecule has 0 atom stereocenters. The van der Waals surface area contributed by atoms with Gasteiger partial charge in [0.2, 0.25) is 0 Å². The van der Waals surface area contributed by atoms with Gasteiger partial charge in [-0.15, -0.1) is 0 Å². The quantitative estimate of drug-likeness (QED) is 0.474. The van der Waals surface area contributed by atoms with Gasteiger partial charge in [0.05, 0.1) is 11.3 Å². The molecule has 1 amide bonds. The second kappa shape index (κ2) is 9.89. The SMILES string of the molecule is CCc1cc(I)ccc1Nc1ccc(Br)cc1C(=O)NCCN1CCCC1. The van der Waals surface area contributed by atoms with E-state index in [1.54, 1.807) is 0 Å². The van der Waals surface area contributed by atoms with Crippen molar-refractivity contribution >= 4 is 55.8 Å². The lowest BCUT2D eigenvalue weighted by molar-refractivity contribution is 0.0950. The van der Waals surface area contributed by atoms with E-state index in [1.807, 2.05) is 18.2 Å². The molecule has 27 heavy (non-hydrogen) atoms. The van der Waals surface area contributed by atoms with Crippen LogP contribution >= 0.6 is 38.5 Å². The number of amides is 1. The van der Waals surface area contributed by atoms with E-state index < -0.39 is 0 Å². The lowest BCUT2D eigenvalue weighted by Gasteiger charge is -2.17. The van der Waals surface area contributed by atoms with Crippen molar-refractivity contribution < 1.29 is 4.79 Å². The topological polar surface area (TPSA) is 44.4 Å². The molecule has 0 aliphatic carbocycles. The van der Waals surface area contributed by atoms with E-state index in [-0.39, 0.29) is 5.91 Å². The summed E-state index contributed by atoms with van der Waals surface area (Å²) in [5, 5.41) is 6.54. The maximum Gasteiger partial charge on any atom is 0.253 e. The zero-order chi connectivity index (χ0) is 19.2. The van der Waals surface area contributed by atoms with Gasteiger partial charge in [0.25, 0.3) is 5.91 Å². The van der Waals surface area contributed by atoms with Crippen LogP contribution in [-0.4, -0.2) is 37.0 Å². The molecule has 1 fully saturated rings. The molecule has 6 heteroatoms. The number of hydrogen-bond donors (Lipinski definition) is 2. The Morgan fingerprint density at radius 1 is 1.15 bits per heavy atom. The largest absolute Gasteiger partial charge is 0.355 e. The number of hydrogen-bond acceptors (Lipinski definition) is 3. The number of carbonyl (C=O) groups excluding carboxylic acids is 1. The molecule has 2 aromatic carbocycles. The fourth-order valence-corrected chi connectivity index (χ4v) is 4.28. The molecule has 0 unspecified atom stereocenters. The summed E-state index contributed by atoms with van der Waals surface area (Å²) in [7, 11) is 0. The second-order valence-corrected chi connectivity index (χ2v) is 8.94. The van der Waals surface area contributed by atoms with Crippen LogP contribution in [0.1, 0.15) is 35.7 Å². The number of aryl methyl sites for hydroxylation is 1. The normalized spacial score (nSPS) is 14.3. The van der Waals surface area contributed by atoms with Gasteiger partial charge in [0, 0.05) is 26.8 Å². The number of nitrogens with zero attached hydrogens (tertiary/aromatic N) is 1. The zero-order valence-electron chi connectivity index (χ0n) is 15.5. The molecule has 1 aliphatic heterocycles. The number of anilines is 2. The second-order valence-electron chi connectivity index (χ2n) is 6.77. The first-order valence-electron chi connectivity index (χ1n) is 9.42. The summed E-state index contributed by atoms with van der Waals surface area (Å²) in [4.78, 5) is 15.2. The van der Waals surface area contributed by atoms with E-state index in [1.165, 1.54) is 22.0 Å². The van der Waals surface area contributed by atoms with Gasteiger partial charge in [-0.05, 0) is 96.9 Å². The summed E-state index contributed by atoms with van der Waals surface area (Å²) in [6.07, 6.45) is 3.47. The molecule has 1 aliphatic rings. The predicted octanol–water partition coefficient (Wildman–Crippen LogP) is 5.19. The van der Waals surface area contributed by atoms with Crippen molar-refractivity contribution in [3.05, 3.63) is 55.6 Å². The molecule has 4 nitrogen and oxygen atoms in total. The van der Waals surface area contributed by atoms with Gasteiger partial charge in [-0.2, -0.15) is 0 Å². The van der Waals surface area contributed by atoms with E-state index in [2.05, 4.69) is 79.2 Å². The van der Waals surface area contributed by atoms with E-state index in [9.17, 15) is 4.79 Å². The maximum atomic E-state index is 12.8. The summed E-state index contributed by atoms with van der Waals surface area (Å²) >= 11 is 5.82. The molecule has 0 radical (unpaired) electrons. The first kappa shape index (κ1) is 20.6. The highest BCUT2D eigenvalue weighted by atomic mass is 127. The van der Waals surface area contributed by atoms with Gasteiger partial charge in [-0.3, -0.25) is 4.79 Å². The van der Waals surface area contributed by atoms with Crippen LogP contribution in [0.2, 0.25) is 0 Å². The zero-order valence-corrected chi connectivity index (χ0v) is 19.3. The van der Waals surface area contributed by atoms with Crippen molar-refractivity contribution in [3.8, 4) is 0 Å². The molecule has 0 aromatic heterocycles. The monoisotopic (exact) mass is 541 g/mol. The standard InChI is InChI=1S/C21H25BrIN3O/c1-2-15-13-17(23)6-8-19(15)25-20-7-5-16(22)14-18(20)21(27)24-9-12-26-10-3-4-11-26/h5-8,13-14,25H,2-4,9-12H2,1H3,(H,24,27). The van der Waals surface area contributed by atoms with Gasteiger partial charge < -0.3 is 15.5 Å². The number of halogens is 2. The van der Waals surface area contributed by atoms with Gasteiger partial charge in [-0.25, -0.2) is 0 Å². The Morgan fingerprint density at radius 3 is 2.63 bits per heavy atom. The van der Waals surface area contributed by atoms with E-state index >= 15 is 0 Å². The van der Waals surface area contributed by atoms with Crippen LogP contribution in [0, 0.1) is 3.57 Å².